The SMILES string of the molecule is CC(C)[C@@H]1CC[C@@H](C)C[C@@]1(O)C(=O)NCC(CO)c1ccccc1. The Balaban J connectivity index is 2.06. The third-order valence-electron chi connectivity index (χ3n) is 5.44. The number of aliphatic hydroxyl groups excluding tert-OH is 1. The van der Waals surface area contributed by atoms with Crippen LogP contribution in [0.15, 0.2) is 30.3 Å². The molecule has 4 heteroatoms. The van der Waals surface area contributed by atoms with Crippen molar-refractivity contribution in [1.82, 2.24) is 5.32 Å². The summed E-state index contributed by atoms with van der Waals surface area (Å²) in [5.74, 6) is 0.145. The van der Waals surface area contributed by atoms with Crippen molar-refractivity contribution < 1.29 is 15.0 Å². The van der Waals surface area contributed by atoms with Crippen molar-refractivity contribution in [2.45, 2.75) is 51.6 Å². The fourth-order valence-corrected chi connectivity index (χ4v) is 4.02. The van der Waals surface area contributed by atoms with Gasteiger partial charge in [-0.3, -0.25) is 4.79 Å². The molecule has 0 aliphatic heterocycles. The molecule has 1 fully saturated rings. The van der Waals surface area contributed by atoms with Gasteiger partial charge in [0.1, 0.15) is 5.60 Å². The molecule has 134 valence electrons. The van der Waals surface area contributed by atoms with Crippen molar-refractivity contribution >= 4 is 5.91 Å². The molecule has 2 rings (SSSR count). The molecule has 0 aromatic heterocycles. The summed E-state index contributed by atoms with van der Waals surface area (Å²) in [6.07, 6.45) is 2.45. The molecule has 4 nitrogen and oxygen atoms in total. The van der Waals surface area contributed by atoms with Gasteiger partial charge in [-0.2, -0.15) is 0 Å². The van der Waals surface area contributed by atoms with Crippen LogP contribution < -0.4 is 5.32 Å². The van der Waals surface area contributed by atoms with Crippen molar-refractivity contribution in [3.8, 4) is 0 Å². The Morgan fingerprint density at radius 3 is 2.54 bits per heavy atom. The minimum absolute atomic E-state index is 0.0157. The van der Waals surface area contributed by atoms with Gasteiger partial charge in [0.05, 0.1) is 6.61 Å². The van der Waals surface area contributed by atoms with E-state index in [1.54, 1.807) is 0 Å². The second-order valence-electron chi connectivity index (χ2n) is 7.66. The lowest BCUT2D eigenvalue weighted by atomic mass is 9.66. The van der Waals surface area contributed by atoms with E-state index in [0.29, 0.717) is 18.9 Å². The normalized spacial score (nSPS) is 28.6. The molecule has 1 aliphatic rings. The van der Waals surface area contributed by atoms with E-state index < -0.39 is 5.60 Å². The van der Waals surface area contributed by atoms with Crippen LogP contribution in [0.4, 0.5) is 0 Å². The summed E-state index contributed by atoms with van der Waals surface area (Å²) in [5, 5.41) is 23.7. The highest BCUT2D eigenvalue weighted by molar-refractivity contribution is 5.85. The zero-order chi connectivity index (χ0) is 17.7. The molecule has 3 N–H and O–H groups in total. The van der Waals surface area contributed by atoms with Crippen LogP contribution in [0.2, 0.25) is 0 Å². The molecule has 1 amide bonds. The van der Waals surface area contributed by atoms with E-state index >= 15 is 0 Å². The highest BCUT2D eigenvalue weighted by Crippen LogP contribution is 2.41. The molecule has 24 heavy (non-hydrogen) atoms. The summed E-state index contributed by atoms with van der Waals surface area (Å²) in [5.41, 5.74) is -0.313. The Bertz CT molecular complexity index is 531. The first-order valence-electron chi connectivity index (χ1n) is 9.05. The molecule has 0 bridgehead atoms. The minimum atomic E-state index is -1.30. The van der Waals surface area contributed by atoms with Gasteiger partial charge in [-0.25, -0.2) is 0 Å². The Hall–Kier alpha value is -1.39. The molecule has 4 atom stereocenters. The van der Waals surface area contributed by atoms with Crippen LogP contribution in [-0.2, 0) is 4.79 Å². The molecular formula is C20H31NO3. The minimum Gasteiger partial charge on any atom is -0.396 e. The maximum atomic E-state index is 12.8. The predicted octanol–water partition coefficient (Wildman–Crippen LogP) is 2.70. The van der Waals surface area contributed by atoms with E-state index in [-0.39, 0.29) is 30.3 Å². The molecule has 1 saturated carbocycles. The third-order valence-corrected chi connectivity index (χ3v) is 5.44. The monoisotopic (exact) mass is 333 g/mol. The van der Waals surface area contributed by atoms with Crippen LogP contribution in [0.25, 0.3) is 0 Å². The van der Waals surface area contributed by atoms with E-state index in [0.717, 1.165) is 18.4 Å². The number of aliphatic hydroxyl groups is 2. The summed E-state index contributed by atoms with van der Waals surface area (Å²) >= 11 is 0. The number of amides is 1. The van der Waals surface area contributed by atoms with Gasteiger partial charge in [0, 0.05) is 12.5 Å². The van der Waals surface area contributed by atoms with Gasteiger partial charge in [0.15, 0.2) is 0 Å². The van der Waals surface area contributed by atoms with E-state index in [1.165, 1.54) is 0 Å². The Morgan fingerprint density at radius 2 is 1.96 bits per heavy atom. The van der Waals surface area contributed by atoms with Gasteiger partial charge >= 0.3 is 0 Å². The number of hydrogen-bond acceptors (Lipinski definition) is 3. The van der Waals surface area contributed by atoms with Crippen LogP contribution in [-0.4, -0.2) is 34.9 Å². The van der Waals surface area contributed by atoms with Gasteiger partial charge in [0.25, 0.3) is 5.91 Å². The summed E-state index contributed by atoms with van der Waals surface area (Å²) in [6.45, 7) is 6.53. The largest absolute Gasteiger partial charge is 0.396 e. The fourth-order valence-electron chi connectivity index (χ4n) is 4.02. The number of benzene rings is 1. The number of rotatable bonds is 6. The maximum absolute atomic E-state index is 12.8. The van der Waals surface area contributed by atoms with Gasteiger partial charge in [-0.05, 0) is 36.2 Å². The van der Waals surface area contributed by atoms with E-state index in [1.807, 2.05) is 30.3 Å². The zero-order valence-corrected chi connectivity index (χ0v) is 15.0. The summed E-state index contributed by atoms with van der Waals surface area (Å²) in [6, 6.07) is 9.66. The average molecular weight is 333 g/mol. The molecule has 1 aliphatic carbocycles. The first-order chi connectivity index (χ1) is 11.4. The maximum Gasteiger partial charge on any atom is 0.252 e. The summed E-state index contributed by atoms with van der Waals surface area (Å²) in [4.78, 5) is 12.8. The molecule has 0 saturated heterocycles. The van der Waals surface area contributed by atoms with Crippen LogP contribution in [0.3, 0.4) is 0 Å². The molecule has 1 unspecified atom stereocenters. The van der Waals surface area contributed by atoms with Crippen molar-refractivity contribution in [1.29, 1.82) is 0 Å². The first kappa shape index (κ1) is 18.9. The second-order valence-corrected chi connectivity index (χ2v) is 7.66. The topological polar surface area (TPSA) is 69.6 Å². The molecule has 1 aromatic rings. The van der Waals surface area contributed by atoms with Crippen LogP contribution in [0.1, 0.15) is 51.5 Å². The lowest BCUT2D eigenvalue weighted by Gasteiger charge is -2.43. The Labute approximate surface area is 145 Å². The predicted molar refractivity (Wildman–Crippen MR) is 95.6 cm³/mol. The highest BCUT2D eigenvalue weighted by Gasteiger charge is 2.48. The van der Waals surface area contributed by atoms with Crippen molar-refractivity contribution in [3.63, 3.8) is 0 Å². The molecule has 0 spiro atoms. The smallest absolute Gasteiger partial charge is 0.252 e. The van der Waals surface area contributed by atoms with Crippen molar-refractivity contribution in [3.05, 3.63) is 35.9 Å². The Morgan fingerprint density at radius 1 is 1.29 bits per heavy atom. The average Bonchev–Trinajstić information content (AvgIpc) is 2.55. The number of carbonyl (C=O) groups is 1. The number of carbonyl (C=O) groups excluding carboxylic acids is 1. The summed E-state index contributed by atoms with van der Waals surface area (Å²) in [7, 11) is 0. The van der Waals surface area contributed by atoms with Crippen molar-refractivity contribution in [2.24, 2.45) is 17.8 Å². The van der Waals surface area contributed by atoms with E-state index in [4.69, 9.17) is 0 Å². The quantitative estimate of drug-likeness (QED) is 0.750. The number of nitrogens with one attached hydrogen (secondary N) is 1. The van der Waals surface area contributed by atoms with Gasteiger partial charge < -0.3 is 15.5 Å². The molecular weight excluding hydrogens is 302 g/mol. The van der Waals surface area contributed by atoms with Crippen LogP contribution >= 0.6 is 0 Å². The molecule has 0 radical (unpaired) electrons. The second kappa shape index (κ2) is 8.13. The third kappa shape index (κ3) is 4.17. The lowest BCUT2D eigenvalue weighted by Crippen LogP contribution is -2.56. The number of hydrogen-bond donors (Lipinski definition) is 3. The van der Waals surface area contributed by atoms with Gasteiger partial charge in [-0.1, -0.05) is 57.5 Å². The summed E-state index contributed by atoms with van der Waals surface area (Å²) < 4.78 is 0. The highest BCUT2D eigenvalue weighted by atomic mass is 16.3. The van der Waals surface area contributed by atoms with Crippen molar-refractivity contribution in [2.75, 3.05) is 13.2 Å². The molecule has 1 aromatic carbocycles. The van der Waals surface area contributed by atoms with E-state index in [9.17, 15) is 15.0 Å². The fraction of sp³-hybridized carbons (Fsp3) is 0.650. The van der Waals surface area contributed by atoms with Crippen LogP contribution in [0, 0.1) is 17.8 Å². The standard InChI is InChI=1S/C20H31NO3/c1-14(2)18-10-9-15(3)11-20(18,24)19(23)21-12-17(13-22)16-7-5-4-6-8-16/h4-8,14-15,17-18,22,24H,9-13H2,1-3H3,(H,21,23)/t15-,17?,18+,20+/m1/s1. The Kier molecular flexibility index (Phi) is 6.41. The lowest BCUT2D eigenvalue weighted by molar-refractivity contribution is -0.155. The van der Waals surface area contributed by atoms with Gasteiger partial charge in [-0.15, -0.1) is 0 Å². The molecule has 0 heterocycles. The van der Waals surface area contributed by atoms with Crippen LogP contribution in [0.5, 0.6) is 0 Å². The van der Waals surface area contributed by atoms with E-state index in [2.05, 4.69) is 26.1 Å². The first-order valence-corrected chi connectivity index (χ1v) is 9.05. The van der Waals surface area contributed by atoms with Gasteiger partial charge in [0.2, 0.25) is 0 Å². The zero-order valence-electron chi connectivity index (χ0n) is 15.0.